The van der Waals surface area contributed by atoms with Crippen molar-refractivity contribution >= 4 is 11.9 Å². The maximum absolute atomic E-state index is 11.0. The molecule has 0 rings (SSSR count). The highest BCUT2D eigenvalue weighted by Crippen LogP contribution is 2.18. The highest BCUT2D eigenvalue weighted by atomic mass is 16.6. The van der Waals surface area contributed by atoms with Gasteiger partial charge in [-0.2, -0.15) is 0 Å². The topological polar surface area (TPSA) is 52.6 Å². The fourth-order valence-corrected chi connectivity index (χ4v) is 0.748. The molecule has 0 N–H and O–H groups in total. The van der Waals surface area contributed by atoms with Gasteiger partial charge in [0.05, 0.1) is 0 Å². The Hall–Kier alpha value is -1.58. The summed E-state index contributed by atoms with van der Waals surface area (Å²) in [7, 11) is 0. The highest BCUT2D eigenvalue weighted by molar-refractivity contribution is 5.82. The van der Waals surface area contributed by atoms with Crippen LogP contribution in [0.25, 0.3) is 0 Å². The molecule has 1 unspecified atom stereocenters. The van der Waals surface area contributed by atoms with Crippen molar-refractivity contribution in [2.45, 2.75) is 32.5 Å². The van der Waals surface area contributed by atoms with Crippen molar-refractivity contribution in [1.29, 1.82) is 0 Å². The van der Waals surface area contributed by atoms with Crippen LogP contribution in [0.3, 0.4) is 0 Å². The maximum Gasteiger partial charge on any atom is 0.330 e. The van der Waals surface area contributed by atoms with E-state index in [-0.39, 0.29) is 0 Å². The molecule has 0 aromatic carbocycles. The molecule has 0 aliphatic carbocycles. The van der Waals surface area contributed by atoms with Crippen molar-refractivity contribution in [1.82, 2.24) is 0 Å². The minimum absolute atomic E-state index is 0.551. The lowest BCUT2D eigenvalue weighted by Gasteiger charge is -2.30. The van der Waals surface area contributed by atoms with Gasteiger partial charge in [0.15, 0.2) is 0 Å². The minimum Gasteiger partial charge on any atom is -0.455 e. The Balaban J connectivity index is 4.43. The van der Waals surface area contributed by atoms with Crippen LogP contribution in [0.4, 0.5) is 0 Å². The summed E-state index contributed by atoms with van der Waals surface area (Å²) >= 11 is 0. The second kappa shape index (κ2) is 5.34. The Bertz CT molecular complexity index is 278. The summed E-state index contributed by atoms with van der Waals surface area (Å²) in [5, 5.41) is 0. The fraction of sp³-hybridized carbons (Fsp3) is 0.455. The van der Waals surface area contributed by atoms with Gasteiger partial charge < -0.3 is 9.47 Å². The van der Waals surface area contributed by atoms with Crippen molar-refractivity contribution < 1.29 is 19.1 Å². The van der Waals surface area contributed by atoms with Crippen LogP contribution in [0.5, 0.6) is 0 Å². The van der Waals surface area contributed by atoms with E-state index in [9.17, 15) is 9.59 Å². The number of hydrogen-bond donors (Lipinski definition) is 0. The monoisotopic (exact) mass is 212 g/mol. The number of rotatable bonds is 5. The molecular weight excluding hydrogens is 196 g/mol. The molecule has 1 atom stereocenters. The van der Waals surface area contributed by atoms with Gasteiger partial charge in [-0.25, -0.2) is 9.59 Å². The van der Waals surface area contributed by atoms with Crippen LogP contribution in [-0.4, -0.2) is 23.6 Å². The zero-order chi connectivity index (χ0) is 12.1. The van der Waals surface area contributed by atoms with Gasteiger partial charge in [0.1, 0.15) is 11.7 Å². The van der Waals surface area contributed by atoms with Gasteiger partial charge in [-0.1, -0.05) is 13.2 Å². The van der Waals surface area contributed by atoms with E-state index in [4.69, 9.17) is 9.47 Å². The summed E-state index contributed by atoms with van der Waals surface area (Å²) in [5.74, 6) is -1.10. The van der Waals surface area contributed by atoms with Crippen LogP contribution in [0, 0.1) is 0 Å². The lowest BCUT2D eigenvalue weighted by atomic mass is 10.0. The largest absolute Gasteiger partial charge is 0.455 e. The average molecular weight is 212 g/mol. The van der Waals surface area contributed by atoms with Crippen molar-refractivity contribution in [3.63, 3.8) is 0 Å². The Morgan fingerprint density at radius 1 is 1.20 bits per heavy atom. The van der Waals surface area contributed by atoms with Crippen LogP contribution >= 0.6 is 0 Å². The van der Waals surface area contributed by atoms with Gasteiger partial charge >= 0.3 is 11.9 Å². The predicted molar refractivity (Wildman–Crippen MR) is 56.1 cm³/mol. The standard InChI is InChI=1S/C11H16O4/c1-6-9(12)14-8(3)11(4,5)15-10(13)7-2/h6-8H,1-2H2,3-5H3. The molecule has 0 amide bonds. The van der Waals surface area contributed by atoms with Gasteiger partial charge in [-0.15, -0.1) is 0 Å². The molecule has 0 radical (unpaired) electrons. The first-order valence-electron chi connectivity index (χ1n) is 4.52. The van der Waals surface area contributed by atoms with Crippen molar-refractivity contribution in [2.75, 3.05) is 0 Å². The highest BCUT2D eigenvalue weighted by Gasteiger charge is 2.32. The molecule has 0 saturated heterocycles. The molecule has 0 aliphatic heterocycles. The number of esters is 2. The van der Waals surface area contributed by atoms with Crippen molar-refractivity contribution in [3.8, 4) is 0 Å². The normalized spacial score (nSPS) is 12.5. The Morgan fingerprint density at radius 3 is 2.07 bits per heavy atom. The lowest BCUT2D eigenvalue weighted by molar-refractivity contribution is -0.172. The van der Waals surface area contributed by atoms with Crippen molar-refractivity contribution in [3.05, 3.63) is 25.3 Å². The summed E-state index contributed by atoms with van der Waals surface area (Å²) in [6, 6.07) is 0. The molecule has 0 aromatic rings. The molecular formula is C11H16O4. The first-order chi connectivity index (χ1) is 6.83. The Morgan fingerprint density at radius 2 is 1.67 bits per heavy atom. The Kier molecular flexibility index (Phi) is 4.78. The van der Waals surface area contributed by atoms with E-state index in [0.717, 1.165) is 12.2 Å². The van der Waals surface area contributed by atoms with Crippen molar-refractivity contribution in [2.24, 2.45) is 0 Å². The summed E-state index contributed by atoms with van der Waals surface area (Å²) in [5.41, 5.74) is -0.899. The molecule has 0 aliphatic rings. The van der Waals surface area contributed by atoms with Crippen LogP contribution in [0.1, 0.15) is 20.8 Å². The molecule has 0 saturated carbocycles. The second-order valence-corrected chi connectivity index (χ2v) is 3.51. The third-order valence-electron chi connectivity index (χ3n) is 1.97. The number of carbonyl (C=O) groups excluding carboxylic acids is 2. The van der Waals surface area contributed by atoms with E-state index in [0.29, 0.717) is 0 Å². The van der Waals surface area contributed by atoms with E-state index >= 15 is 0 Å². The van der Waals surface area contributed by atoms with Crippen LogP contribution in [0.15, 0.2) is 25.3 Å². The van der Waals surface area contributed by atoms with Crippen LogP contribution in [0.2, 0.25) is 0 Å². The van der Waals surface area contributed by atoms with E-state index in [2.05, 4.69) is 13.2 Å². The molecule has 15 heavy (non-hydrogen) atoms. The minimum atomic E-state index is -0.899. The van der Waals surface area contributed by atoms with Crippen LogP contribution in [-0.2, 0) is 19.1 Å². The van der Waals surface area contributed by atoms with Gasteiger partial charge in [-0.05, 0) is 20.8 Å². The SMILES string of the molecule is C=CC(=O)OC(C)C(C)(C)OC(=O)C=C. The molecule has 4 nitrogen and oxygen atoms in total. The molecule has 0 heterocycles. The van der Waals surface area contributed by atoms with Gasteiger partial charge in [0.2, 0.25) is 0 Å². The van der Waals surface area contributed by atoms with E-state index in [1.165, 1.54) is 0 Å². The zero-order valence-electron chi connectivity index (χ0n) is 9.28. The first-order valence-corrected chi connectivity index (χ1v) is 4.52. The Labute approximate surface area is 89.6 Å². The van der Waals surface area contributed by atoms with Gasteiger partial charge in [0, 0.05) is 12.2 Å². The molecule has 0 spiro atoms. The average Bonchev–Trinajstić information content (AvgIpc) is 2.16. The number of hydrogen-bond acceptors (Lipinski definition) is 4. The fourth-order valence-electron chi connectivity index (χ4n) is 0.748. The van der Waals surface area contributed by atoms with E-state index < -0.39 is 23.6 Å². The maximum atomic E-state index is 11.0. The summed E-state index contributed by atoms with van der Waals surface area (Å²) in [6.07, 6.45) is 1.55. The molecule has 84 valence electrons. The van der Waals surface area contributed by atoms with Gasteiger partial charge in [0.25, 0.3) is 0 Å². The molecule has 0 aromatic heterocycles. The summed E-state index contributed by atoms with van der Waals surface area (Å²) in [6.45, 7) is 11.5. The lowest BCUT2D eigenvalue weighted by Crippen LogP contribution is -2.41. The number of carbonyl (C=O) groups is 2. The quantitative estimate of drug-likeness (QED) is 0.513. The zero-order valence-corrected chi connectivity index (χ0v) is 9.28. The van der Waals surface area contributed by atoms with Crippen LogP contribution < -0.4 is 0 Å². The smallest absolute Gasteiger partial charge is 0.330 e. The van der Waals surface area contributed by atoms with E-state index in [1.807, 2.05) is 0 Å². The number of ether oxygens (including phenoxy) is 2. The summed E-state index contributed by atoms with van der Waals surface area (Å²) in [4.78, 5) is 21.9. The third-order valence-corrected chi connectivity index (χ3v) is 1.97. The van der Waals surface area contributed by atoms with Gasteiger partial charge in [-0.3, -0.25) is 0 Å². The summed E-state index contributed by atoms with van der Waals surface area (Å²) < 4.78 is 9.97. The molecule has 0 bridgehead atoms. The molecule has 4 heteroatoms. The third kappa shape index (κ3) is 4.44. The molecule has 0 fully saturated rings. The van der Waals surface area contributed by atoms with E-state index in [1.54, 1.807) is 20.8 Å². The predicted octanol–water partition coefficient (Wildman–Crippen LogP) is 1.61. The first kappa shape index (κ1) is 13.4. The second-order valence-electron chi connectivity index (χ2n) is 3.51.